The van der Waals surface area contributed by atoms with Crippen molar-refractivity contribution in [2.24, 2.45) is 17.6 Å². The molecule has 1 fully saturated rings. The van der Waals surface area contributed by atoms with Crippen LogP contribution in [0.1, 0.15) is 55.4 Å². The summed E-state index contributed by atoms with van der Waals surface area (Å²) in [6.45, 7) is 3.96. The maximum atomic E-state index is 13.1. The van der Waals surface area contributed by atoms with E-state index in [-0.39, 0.29) is 26.2 Å². The standard InChI is InChI=1S/C26H26O11.C3H9N/c1-31-18-6-12(7-19(32-2)25(18)33-3)22-13-8-16-17(36-11-35-16)9-14(13)24(15-10-34-26(30)23(15)22)37-21(29)5-4-20(27)28;1-3(2)4/h6-9,15,22-24H,4-5,10-11H2,1-3H3,(H,27,28);3H,4H2,1-2H3. The number of esters is 2. The molecule has 0 spiro atoms. The maximum absolute atomic E-state index is 13.1. The van der Waals surface area contributed by atoms with Crippen LogP contribution in [0.2, 0.25) is 0 Å². The van der Waals surface area contributed by atoms with Gasteiger partial charge in [0.05, 0.1) is 46.7 Å². The van der Waals surface area contributed by atoms with Crippen molar-refractivity contribution in [2.45, 2.75) is 44.8 Å². The smallest absolute Gasteiger partial charge is 0.310 e. The van der Waals surface area contributed by atoms with Crippen molar-refractivity contribution in [2.75, 3.05) is 34.7 Å². The highest BCUT2D eigenvalue weighted by atomic mass is 16.7. The SMILES string of the molecule is CC(C)N.COc1cc(C2c3cc4c(cc3C(OC(=O)CCC(=O)O)C3COC(=O)C23)OCO4)cc(OC)c1OC. The number of methoxy groups -OCH3 is 3. The number of carbonyl (C=O) groups excluding carboxylic acids is 2. The molecule has 41 heavy (non-hydrogen) atoms. The number of aliphatic carboxylic acids is 1. The molecule has 1 aliphatic carbocycles. The van der Waals surface area contributed by atoms with E-state index in [1.807, 2.05) is 13.8 Å². The van der Waals surface area contributed by atoms with Gasteiger partial charge in [-0.25, -0.2) is 0 Å². The number of rotatable bonds is 8. The molecule has 4 atom stereocenters. The lowest BCUT2D eigenvalue weighted by Crippen LogP contribution is -2.36. The van der Waals surface area contributed by atoms with Crippen LogP contribution in [0.3, 0.4) is 0 Å². The third-order valence-corrected chi connectivity index (χ3v) is 6.97. The quantitative estimate of drug-likeness (QED) is 0.444. The van der Waals surface area contributed by atoms with Crippen LogP contribution >= 0.6 is 0 Å². The van der Waals surface area contributed by atoms with Gasteiger partial charge in [0.15, 0.2) is 23.0 Å². The topological polar surface area (TPSA) is 162 Å². The largest absolute Gasteiger partial charge is 0.493 e. The molecule has 4 unspecified atom stereocenters. The Labute approximate surface area is 237 Å². The fourth-order valence-electron chi connectivity index (χ4n) is 5.35. The van der Waals surface area contributed by atoms with Crippen LogP contribution < -0.4 is 29.4 Å². The minimum Gasteiger partial charge on any atom is -0.493 e. The predicted molar refractivity (Wildman–Crippen MR) is 143 cm³/mol. The van der Waals surface area contributed by atoms with E-state index in [4.69, 9.17) is 44.0 Å². The molecule has 2 aliphatic heterocycles. The van der Waals surface area contributed by atoms with Crippen molar-refractivity contribution in [3.8, 4) is 28.7 Å². The van der Waals surface area contributed by atoms with Gasteiger partial charge in [-0.1, -0.05) is 13.8 Å². The minimum absolute atomic E-state index is 0.0328. The van der Waals surface area contributed by atoms with Crippen LogP contribution in [0.4, 0.5) is 0 Å². The van der Waals surface area contributed by atoms with Crippen molar-refractivity contribution in [3.63, 3.8) is 0 Å². The first-order valence-corrected chi connectivity index (χ1v) is 13.2. The third-order valence-electron chi connectivity index (χ3n) is 6.97. The Morgan fingerprint density at radius 1 is 0.951 bits per heavy atom. The third kappa shape index (κ3) is 6.12. The summed E-state index contributed by atoms with van der Waals surface area (Å²) in [5, 5.41) is 8.97. The van der Waals surface area contributed by atoms with E-state index in [0.29, 0.717) is 51.5 Å². The van der Waals surface area contributed by atoms with Crippen LogP contribution in [-0.4, -0.2) is 63.8 Å². The Balaban J connectivity index is 0.000000909. The fourth-order valence-corrected chi connectivity index (χ4v) is 5.35. The molecule has 222 valence electrons. The predicted octanol–water partition coefficient (Wildman–Crippen LogP) is 3.18. The lowest BCUT2D eigenvalue weighted by Gasteiger charge is -2.38. The molecule has 0 bridgehead atoms. The minimum atomic E-state index is -1.11. The first-order chi connectivity index (χ1) is 19.6. The molecule has 3 aliphatic rings. The number of hydrogen-bond donors (Lipinski definition) is 2. The summed E-state index contributed by atoms with van der Waals surface area (Å²) in [5.74, 6) is -1.73. The monoisotopic (exact) mass is 573 g/mol. The van der Waals surface area contributed by atoms with E-state index in [1.54, 1.807) is 24.3 Å². The Kier molecular flexibility index (Phi) is 9.11. The molecule has 0 saturated carbocycles. The van der Waals surface area contributed by atoms with Crippen molar-refractivity contribution in [1.82, 2.24) is 0 Å². The Hall–Kier alpha value is -4.19. The van der Waals surface area contributed by atoms with Crippen molar-refractivity contribution < 1.29 is 52.6 Å². The summed E-state index contributed by atoms with van der Waals surface area (Å²) in [7, 11) is 4.52. The summed E-state index contributed by atoms with van der Waals surface area (Å²) in [6.07, 6.45) is -1.51. The van der Waals surface area contributed by atoms with Crippen LogP contribution in [0.25, 0.3) is 0 Å². The van der Waals surface area contributed by atoms with Gasteiger partial charge in [0.1, 0.15) is 6.10 Å². The Morgan fingerprint density at radius 3 is 2.07 bits per heavy atom. The van der Waals surface area contributed by atoms with Crippen molar-refractivity contribution in [1.29, 1.82) is 0 Å². The molecule has 0 amide bonds. The van der Waals surface area contributed by atoms with Gasteiger partial charge in [0, 0.05) is 17.4 Å². The molecular weight excluding hydrogens is 538 g/mol. The first-order valence-electron chi connectivity index (χ1n) is 13.2. The summed E-state index contributed by atoms with van der Waals surface area (Å²) < 4.78 is 39.0. The first kappa shape index (κ1) is 29.8. The number of carbonyl (C=O) groups is 3. The lowest BCUT2D eigenvalue weighted by molar-refractivity contribution is -0.156. The van der Waals surface area contributed by atoms with E-state index in [1.165, 1.54) is 21.3 Å². The number of carboxylic acid groups (broad SMARTS) is 1. The average molecular weight is 574 g/mol. The van der Waals surface area contributed by atoms with E-state index < -0.39 is 41.8 Å². The van der Waals surface area contributed by atoms with Gasteiger partial charge in [-0.15, -0.1) is 0 Å². The zero-order valence-electron chi connectivity index (χ0n) is 23.6. The van der Waals surface area contributed by atoms with Crippen LogP contribution in [0.15, 0.2) is 24.3 Å². The number of nitrogens with two attached hydrogens (primary N) is 1. The Morgan fingerprint density at radius 2 is 1.54 bits per heavy atom. The van der Waals surface area contributed by atoms with E-state index in [2.05, 4.69) is 0 Å². The number of fused-ring (bicyclic) bond motifs is 3. The molecule has 3 N–H and O–H groups in total. The molecule has 0 radical (unpaired) electrons. The van der Waals surface area contributed by atoms with Gasteiger partial charge >= 0.3 is 17.9 Å². The van der Waals surface area contributed by atoms with Crippen LogP contribution in [0.5, 0.6) is 28.7 Å². The average Bonchev–Trinajstić information content (AvgIpc) is 3.56. The number of carboxylic acids is 1. The van der Waals surface area contributed by atoms with E-state index >= 15 is 0 Å². The molecule has 2 aromatic rings. The van der Waals surface area contributed by atoms with Gasteiger partial charge in [-0.3, -0.25) is 14.4 Å². The molecule has 12 nitrogen and oxygen atoms in total. The van der Waals surface area contributed by atoms with Gasteiger partial charge in [0.2, 0.25) is 12.5 Å². The summed E-state index contributed by atoms with van der Waals surface area (Å²) in [6, 6.07) is 7.42. The van der Waals surface area contributed by atoms with Gasteiger partial charge in [-0.05, 0) is 41.4 Å². The van der Waals surface area contributed by atoms with E-state index in [0.717, 1.165) is 0 Å². The summed E-state index contributed by atoms with van der Waals surface area (Å²) >= 11 is 0. The highest BCUT2D eigenvalue weighted by Crippen LogP contribution is 2.56. The van der Waals surface area contributed by atoms with E-state index in [9.17, 15) is 14.4 Å². The van der Waals surface area contributed by atoms with Gasteiger partial charge in [-0.2, -0.15) is 0 Å². The molecular formula is C29H35NO11. The molecule has 5 rings (SSSR count). The maximum Gasteiger partial charge on any atom is 0.310 e. The second kappa shape index (κ2) is 12.5. The highest BCUT2D eigenvalue weighted by molar-refractivity contribution is 5.80. The normalized spacial score (nSPS) is 21.6. The van der Waals surface area contributed by atoms with Crippen LogP contribution in [-0.2, 0) is 23.9 Å². The second-order valence-corrected chi connectivity index (χ2v) is 10.1. The fraction of sp³-hybridized carbons (Fsp3) is 0.483. The van der Waals surface area contributed by atoms with Crippen molar-refractivity contribution in [3.05, 3.63) is 41.0 Å². The molecule has 1 saturated heterocycles. The number of benzene rings is 2. The molecule has 12 heteroatoms. The number of hydrogen-bond acceptors (Lipinski definition) is 11. The number of ether oxygens (including phenoxy) is 7. The molecule has 2 heterocycles. The van der Waals surface area contributed by atoms with Gasteiger partial charge < -0.3 is 44.0 Å². The molecule has 2 aromatic carbocycles. The zero-order chi connectivity index (χ0) is 29.8. The summed E-state index contributed by atoms with van der Waals surface area (Å²) in [5.41, 5.74) is 7.14. The van der Waals surface area contributed by atoms with Crippen molar-refractivity contribution >= 4 is 17.9 Å². The van der Waals surface area contributed by atoms with Crippen LogP contribution in [0, 0.1) is 11.8 Å². The highest BCUT2D eigenvalue weighted by Gasteiger charge is 2.54. The summed E-state index contributed by atoms with van der Waals surface area (Å²) in [4.78, 5) is 36.7. The molecule has 0 aromatic heterocycles. The lowest BCUT2D eigenvalue weighted by atomic mass is 9.66. The zero-order valence-corrected chi connectivity index (χ0v) is 23.6. The number of cyclic esters (lactones) is 1. The van der Waals surface area contributed by atoms with Gasteiger partial charge in [0.25, 0.3) is 0 Å². The Bertz CT molecular complexity index is 1280. The second-order valence-electron chi connectivity index (χ2n) is 10.1.